The van der Waals surface area contributed by atoms with Crippen LogP contribution in [0.1, 0.15) is 42.3 Å². The number of carbonyl (C=O) groups is 1. The predicted molar refractivity (Wildman–Crippen MR) is 73.2 cm³/mol. The molecule has 3 nitrogen and oxygen atoms in total. The second kappa shape index (κ2) is 4.69. The Bertz CT molecular complexity index is 461. The van der Waals surface area contributed by atoms with Crippen LogP contribution in [0.2, 0.25) is 0 Å². The van der Waals surface area contributed by atoms with Crippen LogP contribution in [0.4, 0.5) is 5.69 Å². The summed E-state index contributed by atoms with van der Waals surface area (Å²) in [6.45, 7) is 9.23. The molecule has 1 aromatic rings. The number of nitrogen functional groups attached to an aromatic ring is 1. The number of rotatable bonds is 1. The molecule has 0 aliphatic heterocycles. The number of aryl methyl sites for hydroxylation is 1. The van der Waals surface area contributed by atoms with Gasteiger partial charge >= 0.3 is 5.97 Å². The fraction of sp³-hybridized carbons (Fsp3) is 0.462. The standard InChI is InChI=1S/C13H18BrNO2/c1-7-6-9(14)11(15)8(2)10(7)12(16)17-13(3,4)5/h6H,15H2,1-5H3. The van der Waals surface area contributed by atoms with Gasteiger partial charge in [-0.2, -0.15) is 0 Å². The Labute approximate surface area is 110 Å². The molecule has 0 aromatic heterocycles. The highest BCUT2D eigenvalue weighted by Crippen LogP contribution is 2.30. The third-order valence-electron chi connectivity index (χ3n) is 2.38. The molecular formula is C13H18BrNO2. The minimum Gasteiger partial charge on any atom is -0.456 e. The van der Waals surface area contributed by atoms with Gasteiger partial charge in [-0.15, -0.1) is 0 Å². The molecule has 0 amide bonds. The van der Waals surface area contributed by atoms with E-state index in [1.165, 1.54) is 0 Å². The summed E-state index contributed by atoms with van der Waals surface area (Å²) in [5, 5.41) is 0. The van der Waals surface area contributed by atoms with Crippen molar-refractivity contribution in [2.75, 3.05) is 5.73 Å². The summed E-state index contributed by atoms with van der Waals surface area (Å²) >= 11 is 3.36. The van der Waals surface area contributed by atoms with Crippen molar-refractivity contribution in [3.63, 3.8) is 0 Å². The smallest absolute Gasteiger partial charge is 0.339 e. The number of ether oxygens (including phenoxy) is 1. The van der Waals surface area contributed by atoms with Gasteiger partial charge in [-0.25, -0.2) is 4.79 Å². The maximum atomic E-state index is 12.1. The first-order chi connectivity index (χ1) is 7.63. The average Bonchev–Trinajstić information content (AvgIpc) is 2.11. The van der Waals surface area contributed by atoms with Gasteiger partial charge in [0, 0.05) is 10.2 Å². The molecule has 0 bridgehead atoms. The Morgan fingerprint density at radius 2 is 1.88 bits per heavy atom. The Hall–Kier alpha value is -1.03. The molecule has 94 valence electrons. The Morgan fingerprint density at radius 1 is 1.35 bits per heavy atom. The zero-order valence-electron chi connectivity index (χ0n) is 10.8. The number of esters is 1. The van der Waals surface area contributed by atoms with Crippen molar-refractivity contribution in [3.8, 4) is 0 Å². The van der Waals surface area contributed by atoms with Crippen LogP contribution >= 0.6 is 15.9 Å². The van der Waals surface area contributed by atoms with Gasteiger partial charge < -0.3 is 10.5 Å². The van der Waals surface area contributed by atoms with Gasteiger partial charge in [0.05, 0.1) is 5.56 Å². The molecule has 2 N–H and O–H groups in total. The summed E-state index contributed by atoms with van der Waals surface area (Å²) < 4.78 is 6.18. The summed E-state index contributed by atoms with van der Waals surface area (Å²) in [5.41, 5.74) is 8.15. The molecule has 4 heteroatoms. The molecule has 17 heavy (non-hydrogen) atoms. The minimum atomic E-state index is -0.502. The highest BCUT2D eigenvalue weighted by atomic mass is 79.9. The zero-order valence-corrected chi connectivity index (χ0v) is 12.4. The number of hydrogen-bond acceptors (Lipinski definition) is 3. The average molecular weight is 300 g/mol. The molecule has 0 unspecified atom stereocenters. The van der Waals surface area contributed by atoms with Gasteiger partial charge in [0.15, 0.2) is 0 Å². The van der Waals surface area contributed by atoms with Crippen molar-refractivity contribution >= 4 is 27.6 Å². The Morgan fingerprint density at radius 3 is 2.35 bits per heavy atom. The van der Waals surface area contributed by atoms with Crippen molar-refractivity contribution in [2.24, 2.45) is 0 Å². The van der Waals surface area contributed by atoms with Crippen molar-refractivity contribution < 1.29 is 9.53 Å². The molecule has 0 saturated heterocycles. The molecule has 0 radical (unpaired) electrons. The van der Waals surface area contributed by atoms with E-state index in [1.807, 2.05) is 40.7 Å². The van der Waals surface area contributed by atoms with E-state index in [4.69, 9.17) is 10.5 Å². The lowest BCUT2D eigenvalue weighted by Gasteiger charge is -2.21. The Kier molecular flexibility index (Phi) is 3.87. The van der Waals surface area contributed by atoms with E-state index < -0.39 is 5.60 Å². The summed E-state index contributed by atoms with van der Waals surface area (Å²) in [4.78, 5) is 12.1. The number of hydrogen-bond donors (Lipinski definition) is 1. The number of halogens is 1. The lowest BCUT2D eigenvalue weighted by Crippen LogP contribution is -2.25. The zero-order chi connectivity index (χ0) is 13.4. The molecule has 0 saturated carbocycles. The van der Waals surface area contributed by atoms with Crippen molar-refractivity contribution in [1.82, 2.24) is 0 Å². The van der Waals surface area contributed by atoms with Crippen LogP contribution in [-0.4, -0.2) is 11.6 Å². The molecule has 0 aliphatic carbocycles. The van der Waals surface area contributed by atoms with Crippen LogP contribution < -0.4 is 5.73 Å². The summed E-state index contributed by atoms with van der Waals surface area (Å²) in [6, 6.07) is 1.83. The Balaban J connectivity index is 3.24. The third-order valence-corrected chi connectivity index (χ3v) is 3.03. The van der Waals surface area contributed by atoms with Gasteiger partial charge in [0.25, 0.3) is 0 Å². The maximum Gasteiger partial charge on any atom is 0.339 e. The normalized spacial score (nSPS) is 11.4. The largest absolute Gasteiger partial charge is 0.456 e. The quantitative estimate of drug-likeness (QED) is 0.637. The molecule has 0 spiro atoms. The van der Waals surface area contributed by atoms with Crippen molar-refractivity contribution in [3.05, 3.63) is 27.2 Å². The first-order valence-electron chi connectivity index (χ1n) is 5.42. The molecule has 0 heterocycles. The van der Waals surface area contributed by atoms with Gasteiger partial charge in [-0.3, -0.25) is 0 Å². The third kappa shape index (κ3) is 3.22. The maximum absolute atomic E-state index is 12.1. The second-order valence-corrected chi connectivity index (χ2v) is 5.95. The van der Waals surface area contributed by atoms with E-state index in [9.17, 15) is 4.79 Å². The number of anilines is 1. The summed E-state index contributed by atoms with van der Waals surface area (Å²) in [5.74, 6) is -0.327. The van der Waals surface area contributed by atoms with E-state index in [0.717, 1.165) is 15.6 Å². The van der Waals surface area contributed by atoms with Gasteiger partial charge in [0.1, 0.15) is 5.60 Å². The molecule has 0 atom stereocenters. The summed E-state index contributed by atoms with van der Waals surface area (Å²) in [7, 11) is 0. The van der Waals surface area contributed by atoms with Gasteiger partial charge in [-0.1, -0.05) is 0 Å². The monoisotopic (exact) mass is 299 g/mol. The van der Waals surface area contributed by atoms with Crippen LogP contribution in [0.5, 0.6) is 0 Å². The highest BCUT2D eigenvalue weighted by Gasteiger charge is 2.22. The number of benzene rings is 1. The summed E-state index contributed by atoms with van der Waals surface area (Å²) in [6.07, 6.45) is 0. The first-order valence-corrected chi connectivity index (χ1v) is 6.21. The molecule has 1 rings (SSSR count). The van der Waals surface area contributed by atoms with Crippen LogP contribution in [0, 0.1) is 13.8 Å². The molecule has 0 fully saturated rings. The SMILES string of the molecule is Cc1cc(Br)c(N)c(C)c1C(=O)OC(C)(C)C. The molecule has 1 aromatic carbocycles. The van der Waals surface area contributed by atoms with Crippen LogP contribution in [0.25, 0.3) is 0 Å². The van der Waals surface area contributed by atoms with Crippen LogP contribution in [0.15, 0.2) is 10.5 Å². The lowest BCUT2D eigenvalue weighted by molar-refractivity contribution is 0.00680. The van der Waals surface area contributed by atoms with Crippen molar-refractivity contribution in [1.29, 1.82) is 0 Å². The number of carbonyl (C=O) groups excluding carboxylic acids is 1. The predicted octanol–water partition coefficient (Wildman–Crippen LogP) is 3.60. The fourth-order valence-electron chi connectivity index (χ4n) is 1.59. The van der Waals surface area contributed by atoms with E-state index in [0.29, 0.717) is 11.3 Å². The van der Waals surface area contributed by atoms with E-state index in [2.05, 4.69) is 15.9 Å². The van der Waals surface area contributed by atoms with Crippen molar-refractivity contribution in [2.45, 2.75) is 40.2 Å². The van der Waals surface area contributed by atoms with E-state index in [-0.39, 0.29) is 5.97 Å². The van der Waals surface area contributed by atoms with Gasteiger partial charge in [-0.05, 0) is 67.7 Å². The molecular weight excluding hydrogens is 282 g/mol. The lowest BCUT2D eigenvalue weighted by atomic mass is 10.0. The van der Waals surface area contributed by atoms with Gasteiger partial charge in [0.2, 0.25) is 0 Å². The first kappa shape index (κ1) is 14.0. The highest BCUT2D eigenvalue weighted by molar-refractivity contribution is 9.10. The van der Waals surface area contributed by atoms with E-state index >= 15 is 0 Å². The van der Waals surface area contributed by atoms with Crippen LogP contribution in [0.3, 0.4) is 0 Å². The fourth-order valence-corrected chi connectivity index (χ4v) is 2.23. The number of nitrogens with two attached hydrogens (primary N) is 1. The van der Waals surface area contributed by atoms with E-state index in [1.54, 1.807) is 0 Å². The topological polar surface area (TPSA) is 52.3 Å². The molecule has 0 aliphatic rings. The minimum absolute atomic E-state index is 0.327. The van der Waals surface area contributed by atoms with Crippen LogP contribution in [-0.2, 0) is 4.74 Å². The second-order valence-electron chi connectivity index (χ2n) is 5.09.